The number of β-amino-alcohol motifs (C(OH)–C–C–N with tert-alkyl or cyclic N) is 1. The molecule has 5 rings (SSSR count). The maximum absolute atomic E-state index is 10.2. The molecule has 2 nitrogen and oxygen atoms in total. The molecule has 1 aliphatic heterocycles. The molecule has 0 bridgehead atoms. The number of hydrogen-bond donors (Lipinski definition) is 2. The van der Waals surface area contributed by atoms with E-state index in [4.69, 9.17) is 0 Å². The van der Waals surface area contributed by atoms with E-state index in [0.29, 0.717) is 12.0 Å². The molecule has 0 radical (unpaired) electrons. The van der Waals surface area contributed by atoms with Gasteiger partial charge in [-0.25, -0.2) is 0 Å². The summed E-state index contributed by atoms with van der Waals surface area (Å²) in [6.07, 6.45) is 22.0. The van der Waals surface area contributed by atoms with Crippen LogP contribution in [0.3, 0.4) is 0 Å². The number of aliphatic hydroxyl groups excluding tert-OH is 1. The molecule has 1 saturated heterocycles. The highest BCUT2D eigenvalue weighted by Crippen LogP contribution is 2.41. The van der Waals surface area contributed by atoms with E-state index in [0.717, 1.165) is 24.8 Å². The fraction of sp³-hybridized carbons (Fsp3) is 0.655. The van der Waals surface area contributed by atoms with Gasteiger partial charge < -0.3 is 10.4 Å². The lowest BCUT2D eigenvalue weighted by Gasteiger charge is -2.32. The van der Waals surface area contributed by atoms with Crippen LogP contribution in [0.4, 0.5) is 0 Å². The standard InChI is InChI=1S/C29H41NO/c31-27-19-28(30-20-27)29(25-15-11-23(12-16-25)21-7-3-1-4-8-21)26-17-13-24(14-18-26)22-9-5-2-6-10-22/h11-13,15-17,21-22,27-31H,1-10,14,18-20H2. The van der Waals surface area contributed by atoms with Crippen LogP contribution in [0, 0.1) is 5.92 Å². The van der Waals surface area contributed by atoms with E-state index < -0.39 is 0 Å². The van der Waals surface area contributed by atoms with Crippen LogP contribution in [0.2, 0.25) is 0 Å². The van der Waals surface area contributed by atoms with Crippen molar-refractivity contribution in [1.29, 1.82) is 0 Å². The first-order chi connectivity index (χ1) is 15.3. The summed E-state index contributed by atoms with van der Waals surface area (Å²) >= 11 is 0. The molecule has 3 fully saturated rings. The van der Waals surface area contributed by atoms with Gasteiger partial charge in [0.2, 0.25) is 0 Å². The third-order valence-corrected chi connectivity index (χ3v) is 8.66. The van der Waals surface area contributed by atoms with Crippen molar-refractivity contribution >= 4 is 0 Å². The van der Waals surface area contributed by atoms with Gasteiger partial charge in [-0.2, -0.15) is 0 Å². The molecule has 3 unspecified atom stereocenters. The zero-order valence-corrected chi connectivity index (χ0v) is 19.2. The predicted octanol–water partition coefficient (Wildman–Crippen LogP) is 6.77. The van der Waals surface area contributed by atoms with Crippen molar-refractivity contribution in [3.8, 4) is 0 Å². The molecule has 2 heteroatoms. The van der Waals surface area contributed by atoms with E-state index in [2.05, 4.69) is 41.7 Å². The normalized spacial score (nSPS) is 29.5. The van der Waals surface area contributed by atoms with Crippen molar-refractivity contribution in [1.82, 2.24) is 5.32 Å². The minimum atomic E-state index is -0.202. The van der Waals surface area contributed by atoms with Crippen molar-refractivity contribution in [3.63, 3.8) is 0 Å². The first-order valence-corrected chi connectivity index (χ1v) is 13.2. The van der Waals surface area contributed by atoms with Gasteiger partial charge in [0.1, 0.15) is 0 Å². The maximum Gasteiger partial charge on any atom is 0.0679 e. The Morgan fingerprint density at radius 3 is 2.03 bits per heavy atom. The predicted molar refractivity (Wildman–Crippen MR) is 129 cm³/mol. The second-order valence-corrected chi connectivity index (χ2v) is 10.7. The molecule has 2 N–H and O–H groups in total. The Morgan fingerprint density at radius 1 is 0.774 bits per heavy atom. The van der Waals surface area contributed by atoms with Crippen LogP contribution in [0.1, 0.15) is 106 Å². The fourth-order valence-corrected chi connectivity index (χ4v) is 6.86. The molecule has 31 heavy (non-hydrogen) atoms. The van der Waals surface area contributed by atoms with Crippen molar-refractivity contribution in [3.05, 3.63) is 58.7 Å². The Balaban J connectivity index is 1.37. The molecule has 168 valence electrons. The Labute approximate surface area is 189 Å². The number of rotatable bonds is 5. The summed E-state index contributed by atoms with van der Waals surface area (Å²) in [6.45, 7) is 0.734. The number of nitrogens with one attached hydrogen (secondary N) is 1. The molecule has 1 aromatic rings. The highest BCUT2D eigenvalue weighted by molar-refractivity contribution is 5.39. The number of benzene rings is 1. The van der Waals surface area contributed by atoms with Gasteiger partial charge in [-0.15, -0.1) is 0 Å². The van der Waals surface area contributed by atoms with Crippen molar-refractivity contribution in [2.24, 2.45) is 5.92 Å². The summed E-state index contributed by atoms with van der Waals surface area (Å²) in [7, 11) is 0. The molecule has 1 aromatic carbocycles. The van der Waals surface area contributed by atoms with Crippen LogP contribution >= 0.6 is 0 Å². The highest BCUT2D eigenvalue weighted by atomic mass is 16.3. The van der Waals surface area contributed by atoms with Gasteiger partial charge in [0.25, 0.3) is 0 Å². The van der Waals surface area contributed by atoms with Crippen molar-refractivity contribution < 1.29 is 5.11 Å². The molecular formula is C29H41NO. The largest absolute Gasteiger partial charge is 0.392 e. The van der Waals surface area contributed by atoms with E-state index in [-0.39, 0.29) is 6.10 Å². The lowest BCUT2D eigenvalue weighted by molar-refractivity contribution is 0.192. The Morgan fingerprint density at radius 2 is 1.45 bits per heavy atom. The summed E-state index contributed by atoms with van der Waals surface area (Å²) < 4.78 is 0. The molecule has 4 aliphatic rings. The monoisotopic (exact) mass is 419 g/mol. The first-order valence-electron chi connectivity index (χ1n) is 13.2. The molecule has 2 saturated carbocycles. The van der Waals surface area contributed by atoms with Gasteiger partial charge in [0.05, 0.1) is 6.10 Å². The first kappa shape index (κ1) is 21.5. The van der Waals surface area contributed by atoms with Gasteiger partial charge >= 0.3 is 0 Å². The van der Waals surface area contributed by atoms with E-state index >= 15 is 0 Å². The lowest BCUT2D eigenvalue weighted by Crippen LogP contribution is -2.30. The average Bonchev–Trinajstić information content (AvgIpc) is 3.27. The number of allylic oxidation sites excluding steroid dienone is 3. The fourth-order valence-electron chi connectivity index (χ4n) is 6.86. The van der Waals surface area contributed by atoms with Gasteiger partial charge in [-0.05, 0) is 67.9 Å². The summed E-state index contributed by atoms with van der Waals surface area (Å²) in [4.78, 5) is 0. The van der Waals surface area contributed by atoms with Crippen molar-refractivity contribution in [2.45, 2.75) is 107 Å². The topological polar surface area (TPSA) is 32.3 Å². The zero-order valence-electron chi connectivity index (χ0n) is 19.2. The third-order valence-electron chi connectivity index (χ3n) is 8.66. The van der Waals surface area contributed by atoms with Crippen LogP contribution in [-0.2, 0) is 0 Å². The molecular weight excluding hydrogens is 378 g/mol. The summed E-state index contributed by atoms with van der Waals surface area (Å²) in [5.74, 6) is 2.00. The van der Waals surface area contributed by atoms with Crippen LogP contribution in [0.15, 0.2) is 47.6 Å². The quantitative estimate of drug-likeness (QED) is 0.552. The lowest BCUT2D eigenvalue weighted by atomic mass is 9.75. The zero-order chi connectivity index (χ0) is 21.0. The van der Waals surface area contributed by atoms with Crippen LogP contribution < -0.4 is 5.32 Å². The summed E-state index contributed by atoms with van der Waals surface area (Å²) in [5, 5.41) is 13.9. The van der Waals surface area contributed by atoms with Crippen LogP contribution in [-0.4, -0.2) is 23.8 Å². The van der Waals surface area contributed by atoms with E-state index in [1.807, 2.05) is 0 Å². The van der Waals surface area contributed by atoms with E-state index in [1.165, 1.54) is 82.6 Å². The molecule has 0 amide bonds. The van der Waals surface area contributed by atoms with Gasteiger partial charge in [-0.1, -0.05) is 86.1 Å². The average molecular weight is 420 g/mol. The minimum Gasteiger partial charge on any atom is -0.392 e. The second kappa shape index (κ2) is 10.0. The smallest absolute Gasteiger partial charge is 0.0679 e. The summed E-state index contributed by atoms with van der Waals surface area (Å²) in [5.41, 5.74) is 6.25. The van der Waals surface area contributed by atoms with Crippen LogP contribution in [0.25, 0.3) is 0 Å². The highest BCUT2D eigenvalue weighted by Gasteiger charge is 2.33. The molecule has 0 spiro atoms. The van der Waals surface area contributed by atoms with Gasteiger partial charge in [-0.3, -0.25) is 0 Å². The minimum absolute atomic E-state index is 0.202. The summed E-state index contributed by atoms with van der Waals surface area (Å²) in [6, 6.07) is 9.99. The number of aliphatic hydroxyl groups is 1. The molecule has 1 heterocycles. The Hall–Kier alpha value is -1.38. The van der Waals surface area contributed by atoms with Gasteiger partial charge in [0, 0.05) is 18.5 Å². The molecule has 3 aliphatic carbocycles. The van der Waals surface area contributed by atoms with E-state index in [1.54, 1.807) is 16.7 Å². The molecule has 3 atom stereocenters. The second-order valence-electron chi connectivity index (χ2n) is 10.7. The SMILES string of the molecule is OC1CNC(C(C2=CC=C(C3CCCCC3)CC2)c2ccc(C3CCCCC3)cc2)C1. The van der Waals surface area contributed by atoms with Crippen LogP contribution in [0.5, 0.6) is 0 Å². The molecule has 0 aromatic heterocycles. The maximum atomic E-state index is 10.2. The third kappa shape index (κ3) is 5.01. The van der Waals surface area contributed by atoms with Crippen molar-refractivity contribution in [2.75, 3.05) is 6.54 Å². The Kier molecular flexibility index (Phi) is 6.96. The number of hydrogen-bond acceptors (Lipinski definition) is 2. The van der Waals surface area contributed by atoms with E-state index in [9.17, 15) is 5.11 Å². The Bertz CT molecular complexity index is 779. The van der Waals surface area contributed by atoms with Gasteiger partial charge in [0.15, 0.2) is 0 Å².